The summed E-state index contributed by atoms with van der Waals surface area (Å²) in [6.07, 6.45) is 5.24. The van der Waals surface area contributed by atoms with Crippen molar-refractivity contribution in [3.63, 3.8) is 0 Å². The summed E-state index contributed by atoms with van der Waals surface area (Å²) in [6.45, 7) is 5.61. The van der Waals surface area contributed by atoms with Crippen molar-refractivity contribution >= 4 is 11.3 Å². The van der Waals surface area contributed by atoms with Crippen LogP contribution >= 0.6 is 11.3 Å². The van der Waals surface area contributed by atoms with Crippen LogP contribution in [0.15, 0.2) is 5.38 Å². The fraction of sp³-hybridized carbons (Fsp3) is 0.769. The minimum absolute atomic E-state index is 0.724. The van der Waals surface area contributed by atoms with E-state index in [9.17, 15) is 0 Å². The average molecular weight is 253 g/mol. The first-order valence-electron chi connectivity index (χ1n) is 6.65. The Morgan fingerprint density at radius 3 is 3.18 bits per heavy atom. The lowest BCUT2D eigenvalue weighted by Gasteiger charge is -2.34. The number of nitrogens with one attached hydrogen (secondary N) is 1. The van der Waals surface area contributed by atoms with Crippen molar-refractivity contribution in [2.24, 2.45) is 0 Å². The van der Waals surface area contributed by atoms with E-state index in [-0.39, 0.29) is 0 Å². The van der Waals surface area contributed by atoms with Crippen molar-refractivity contribution < 1.29 is 0 Å². The molecule has 1 aliphatic rings. The molecule has 4 heteroatoms. The van der Waals surface area contributed by atoms with Gasteiger partial charge in [0.15, 0.2) is 0 Å². The molecule has 1 aliphatic heterocycles. The number of hydrogen-bond donors (Lipinski definition) is 1. The highest BCUT2D eigenvalue weighted by Gasteiger charge is 2.22. The van der Waals surface area contributed by atoms with E-state index in [1.807, 2.05) is 18.4 Å². The largest absolute Gasteiger partial charge is 0.314 e. The van der Waals surface area contributed by atoms with Crippen molar-refractivity contribution in [2.45, 2.75) is 45.2 Å². The molecule has 0 saturated carbocycles. The Morgan fingerprint density at radius 2 is 2.41 bits per heavy atom. The summed E-state index contributed by atoms with van der Waals surface area (Å²) in [5.41, 5.74) is 1.19. The summed E-state index contributed by atoms with van der Waals surface area (Å²) in [6, 6.07) is 0.724. The van der Waals surface area contributed by atoms with Gasteiger partial charge in [-0.1, -0.05) is 13.3 Å². The van der Waals surface area contributed by atoms with E-state index in [1.165, 1.54) is 43.1 Å². The molecule has 0 radical (unpaired) electrons. The molecule has 1 fully saturated rings. The van der Waals surface area contributed by atoms with Gasteiger partial charge in [-0.3, -0.25) is 0 Å². The van der Waals surface area contributed by atoms with Crippen molar-refractivity contribution in [2.75, 3.05) is 20.1 Å². The zero-order valence-electron chi connectivity index (χ0n) is 10.9. The molecule has 2 heterocycles. The van der Waals surface area contributed by atoms with Gasteiger partial charge < -0.3 is 10.2 Å². The second-order valence-corrected chi connectivity index (χ2v) is 5.69. The summed E-state index contributed by atoms with van der Waals surface area (Å²) in [5, 5.41) is 6.65. The third kappa shape index (κ3) is 3.50. The van der Waals surface area contributed by atoms with Gasteiger partial charge in [0.2, 0.25) is 0 Å². The summed E-state index contributed by atoms with van der Waals surface area (Å²) in [5.74, 6) is 0. The topological polar surface area (TPSA) is 28.2 Å². The average Bonchev–Trinajstić information content (AvgIpc) is 2.78. The SMILES string of the molecule is CCN1CCCCC1Cc1nc(CNC)cs1. The molecule has 0 spiro atoms. The second kappa shape index (κ2) is 6.47. The molecule has 1 aromatic heterocycles. The molecule has 17 heavy (non-hydrogen) atoms. The maximum atomic E-state index is 4.69. The van der Waals surface area contributed by atoms with Crippen LogP contribution in [-0.4, -0.2) is 36.1 Å². The number of thiazole rings is 1. The van der Waals surface area contributed by atoms with Crippen LogP contribution in [0.2, 0.25) is 0 Å². The van der Waals surface area contributed by atoms with Gasteiger partial charge in [-0.2, -0.15) is 0 Å². The summed E-state index contributed by atoms with van der Waals surface area (Å²) >= 11 is 1.82. The molecule has 1 saturated heterocycles. The lowest BCUT2D eigenvalue weighted by atomic mass is 10.00. The van der Waals surface area contributed by atoms with Gasteiger partial charge >= 0.3 is 0 Å². The maximum Gasteiger partial charge on any atom is 0.0944 e. The molecule has 1 aromatic rings. The number of nitrogens with zero attached hydrogens (tertiary/aromatic N) is 2. The number of likely N-dealkylation sites (tertiary alicyclic amines) is 1. The van der Waals surface area contributed by atoms with Crippen LogP contribution in [0.5, 0.6) is 0 Å². The molecular formula is C13H23N3S. The Balaban J connectivity index is 1.93. The van der Waals surface area contributed by atoms with Gasteiger partial charge in [-0.25, -0.2) is 4.98 Å². The van der Waals surface area contributed by atoms with Crippen molar-refractivity contribution in [3.05, 3.63) is 16.1 Å². The second-order valence-electron chi connectivity index (χ2n) is 4.75. The standard InChI is InChI=1S/C13H23N3S/c1-3-16-7-5-4-6-12(16)8-13-15-11(9-14-2)10-17-13/h10,12,14H,3-9H2,1-2H3. The van der Waals surface area contributed by atoms with Crippen molar-refractivity contribution in [1.82, 2.24) is 15.2 Å². The van der Waals surface area contributed by atoms with Gasteiger partial charge in [0.05, 0.1) is 10.7 Å². The maximum absolute atomic E-state index is 4.69. The Labute approximate surface area is 108 Å². The minimum Gasteiger partial charge on any atom is -0.314 e. The number of aromatic nitrogens is 1. The predicted molar refractivity (Wildman–Crippen MR) is 73.5 cm³/mol. The van der Waals surface area contributed by atoms with Gasteiger partial charge in [0.1, 0.15) is 0 Å². The normalized spacial score (nSPS) is 21.9. The number of likely N-dealkylation sites (N-methyl/N-ethyl adjacent to an activating group) is 1. The van der Waals surface area contributed by atoms with E-state index < -0.39 is 0 Å². The molecule has 3 nitrogen and oxygen atoms in total. The van der Waals surface area contributed by atoms with Crippen LogP contribution in [0.25, 0.3) is 0 Å². The van der Waals surface area contributed by atoms with E-state index in [0.29, 0.717) is 0 Å². The molecule has 0 aliphatic carbocycles. The van der Waals surface area contributed by atoms with Crippen LogP contribution in [-0.2, 0) is 13.0 Å². The van der Waals surface area contributed by atoms with Crippen molar-refractivity contribution in [3.8, 4) is 0 Å². The molecule has 1 unspecified atom stereocenters. The quantitative estimate of drug-likeness (QED) is 0.872. The molecule has 2 rings (SSSR count). The van der Waals surface area contributed by atoms with Gasteiger partial charge in [-0.15, -0.1) is 11.3 Å². The molecule has 0 aromatic carbocycles. The smallest absolute Gasteiger partial charge is 0.0944 e. The highest BCUT2D eigenvalue weighted by molar-refractivity contribution is 7.09. The summed E-state index contributed by atoms with van der Waals surface area (Å²) in [7, 11) is 1.97. The third-order valence-corrected chi connectivity index (χ3v) is 4.44. The molecule has 1 N–H and O–H groups in total. The highest BCUT2D eigenvalue weighted by atomic mass is 32.1. The Morgan fingerprint density at radius 1 is 1.53 bits per heavy atom. The predicted octanol–water partition coefficient (Wildman–Crippen LogP) is 2.28. The van der Waals surface area contributed by atoms with E-state index >= 15 is 0 Å². The first kappa shape index (κ1) is 13.0. The lowest BCUT2D eigenvalue weighted by Crippen LogP contribution is -2.40. The molecule has 0 bridgehead atoms. The van der Waals surface area contributed by atoms with Gasteiger partial charge in [0, 0.05) is 24.4 Å². The van der Waals surface area contributed by atoms with Crippen LogP contribution in [0.3, 0.4) is 0 Å². The van der Waals surface area contributed by atoms with E-state index in [0.717, 1.165) is 19.0 Å². The van der Waals surface area contributed by atoms with Gasteiger partial charge in [0.25, 0.3) is 0 Å². The van der Waals surface area contributed by atoms with E-state index in [1.54, 1.807) is 0 Å². The van der Waals surface area contributed by atoms with E-state index in [2.05, 4.69) is 22.5 Å². The highest BCUT2D eigenvalue weighted by Crippen LogP contribution is 2.22. The fourth-order valence-electron chi connectivity index (χ4n) is 2.61. The lowest BCUT2D eigenvalue weighted by molar-refractivity contribution is 0.155. The summed E-state index contributed by atoms with van der Waals surface area (Å²) < 4.78 is 0. The molecular weight excluding hydrogens is 230 g/mol. The van der Waals surface area contributed by atoms with Crippen LogP contribution in [0, 0.1) is 0 Å². The first-order chi connectivity index (χ1) is 8.33. The zero-order chi connectivity index (χ0) is 12.1. The van der Waals surface area contributed by atoms with Crippen molar-refractivity contribution in [1.29, 1.82) is 0 Å². The minimum atomic E-state index is 0.724. The third-order valence-electron chi connectivity index (χ3n) is 3.52. The summed E-state index contributed by atoms with van der Waals surface area (Å²) in [4.78, 5) is 7.31. The van der Waals surface area contributed by atoms with Crippen LogP contribution in [0.1, 0.15) is 36.9 Å². The molecule has 0 amide bonds. The van der Waals surface area contributed by atoms with Gasteiger partial charge in [-0.05, 0) is 33.0 Å². The Kier molecular flexibility index (Phi) is 4.95. The number of hydrogen-bond acceptors (Lipinski definition) is 4. The van der Waals surface area contributed by atoms with E-state index in [4.69, 9.17) is 4.98 Å². The zero-order valence-corrected chi connectivity index (χ0v) is 11.7. The first-order valence-corrected chi connectivity index (χ1v) is 7.53. The Bertz CT molecular complexity index is 337. The van der Waals surface area contributed by atoms with Crippen LogP contribution in [0.4, 0.5) is 0 Å². The fourth-order valence-corrected chi connectivity index (χ4v) is 3.48. The monoisotopic (exact) mass is 253 g/mol. The number of piperidine rings is 1. The molecule has 1 atom stereocenters. The number of rotatable bonds is 5. The van der Waals surface area contributed by atoms with Crippen LogP contribution < -0.4 is 5.32 Å². The Hall–Kier alpha value is -0.450. The molecule has 96 valence electrons.